The highest BCUT2D eigenvalue weighted by Gasteiger charge is 2.19. The smallest absolute Gasteiger partial charge is 0.127 e. The molecule has 4 nitrogen and oxygen atoms in total. The molecule has 0 aromatic heterocycles. The summed E-state index contributed by atoms with van der Waals surface area (Å²) in [6.45, 7) is 1.87. The van der Waals surface area contributed by atoms with Gasteiger partial charge in [-0.2, -0.15) is 4.91 Å². The fourth-order valence-electron chi connectivity index (χ4n) is 3.14. The average molecular weight is 336 g/mol. The SMILES string of the molecule is CN(C)CCC=C1c2ccccc2COc2ccc(CCN=O)cc21. The van der Waals surface area contributed by atoms with Crippen LogP contribution in [-0.2, 0) is 13.0 Å². The molecular formula is C21H24N2O2. The Morgan fingerprint density at radius 3 is 2.80 bits per heavy atom. The number of hydrogen-bond acceptors (Lipinski definition) is 4. The first-order valence-electron chi connectivity index (χ1n) is 8.67. The molecule has 130 valence electrons. The highest BCUT2D eigenvalue weighted by Crippen LogP contribution is 2.37. The van der Waals surface area contributed by atoms with Crippen molar-refractivity contribution in [3.8, 4) is 5.75 Å². The van der Waals surface area contributed by atoms with Gasteiger partial charge in [0, 0.05) is 12.1 Å². The van der Waals surface area contributed by atoms with Crippen LogP contribution in [0.25, 0.3) is 5.57 Å². The topological polar surface area (TPSA) is 41.9 Å². The van der Waals surface area contributed by atoms with Crippen molar-refractivity contribution in [1.29, 1.82) is 0 Å². The molecule has 0 N–H and O–H groups in total. The van der Waals surface area contributed by atoms with Crippen LogP contribution in [0.4, 0.5) is 0 Å². The van der Waals surface area contributed by atoms with Crippen LogP contribution in [0.1, 0.15) is 28.7 Å². The number of rotatable bonds is 6. The standard InChI is InChI=1S/C21H24N2O2/c1-23(2)13-5-8-19-18-7-4-3-6-17(18)15-25-21-10-9-16(11-12-22-24)14-20(19)21/h3-4,6-10,14H,5,11-13,15H2,1-2H3. The van der Waals surface area contributed by atoms with Gasteiger partial charge in [-0.15, -0.1) is 0 Å². The molecule has 4 heteroatoms. The van der Waals surface area contributed by atoms with Gasteiger partial charge in [0.15, 0.2) is 0 Å². The molecule has 0 spiro atoms. The van der Waals surface area contributed by atoms with Crippen molar-refractivity contribution in [1.82, 2.24) is 4.90 Å². The Hall–Kier alpha value is -2.46. The maximum absolute atomic E-state index is 10.5. The van der Waals surface area contributed by atoms with Gasteiger partial charge >= 0.3 is 0 Å². The van der Waals surface area contributed by atoms with E-state index in [0.717, 1.165) is 29.8 Å². The van der Waals surface area contributed by atoms with E-state index in [1.165, 1.54) is 16.7 Å². The summed E-state index contributed by atoms with van der Waals surface area (Å²) >= 11 is 0. The molecule has 0 aliphatic carbocycles. The van der Waals surface area contributed by atoms with Crippen LogP contribution in [0.2, 0.25) is 0 Å². The zero-order valence-electron chi connectivity index (χ0n) is 14.9. The van der Waals surface area contributed by atoms with Gasteiger partial charge < -0.3 is 9.64 Å². The minimum atomic E-state index is 0.301. The van der Waals surface area contributed by atoms with E-state index in [9.17, 15) is 4.91 Å². The molecule has 0 amide bonds. The summed E-state index contributed by atoms with van der Waals surface area (Å²) in [6, 6.07) is 14.6. The summed E-state index contributed by atoms with van der Waals surface area (Å²) in [5, 5.41) is 2.98. The second kappa shape index (κ2) is 8.08. The lowest BCUT2D eigenvalue weighted by Gasteiger charge is -2.13. The van der Waals surface area contributed by atoms with E-state index < -0.39 is 0 Å². The minimum absolute atomic E-state index is 0.301. The average Bonchev–Trinajstić information content (AvgIpc) is 2.77. The molecule has 0 unspecified atom stereocenters. The molecule has 3 rings (SSSR count). The van der Waals surface area contributed by atoms with E-state index in [2.05, 4.69) is 60.6 Å². The van der Waals surface area contributed by atoms with Gasteiger partial charge in [0.25, 0.3) is 0 Å². The van der Waals surface area contributed by atoms with E-state index in [1.807, 2.05) is 12.1 Å². The third kappa shape index (κ3) is 4.15. The lowest BCUT2D eigenvalue weighted by Crippen LogP contribution is -2.12. The van der Waals surface area contributed by atoms with Crippen molar-refractivity contribution in [3.63, 3.8) is 0 Å². The van der Waals surface area contributed by atoms with Gasteiger partial charge in [-0.05, 0) is 61.3 Å². The van der Waals surface area contributed by atoms with Crippen LogP contribution < -0.4 is 4.74 Å². The molecule has 0 fully saturated rings. The molecule has 0 saturated heterocycles. The summed E-state index contributed by atoms with van der Waals surface area (Å²) in [6.07, 6.45) is 3.92. The first-order chi connectivity index (χ1) is 12.2. The summed E-state index contributed by atoms with van der Waals surface area (Å²) < 4.78 is 6.06. The van der Waals surface area contributed by atoms with Gasteiger partial charge in [-0.25, -0.2) is 0 Å². The van der Waals surface area contributed by atoms with Crippen molar-refractivity contribution in [2.75, 3.05) is 27.2 Å². The summed E-state index contributed by atoms with van der Waals surface area (Å²) in [4.78, 5) is 12.6. The second-order valence-corrected chi connectivity index (χ2v) is 6.59. The predicted octanol–water partition coefficient (Wildman–Crippen LogP) is 4.27. The molecule has 2 aromatic carbocycles. The number of nitroso groups, excluding NO2 is 1. The molecule has 1 aliphatic heterocycles. The number of fused-ring (bicyclic) bond motifs is 2. The molecule has 1 heterocycles. The van der Waals surface area contributed by atoms with Gasteiger partial charge in [-0.3, -0.25) is 0 Å². The monoisotopic (exact) mass is 336 g/mol. The molecular weight excluding hydrogens is 312 g/mol. The normalized spacial score (nSPS) is 14.6. The van der Waals surface area contributed by atoms with Crippen molar-refractivity contribution < 1.29 is 4.74 Å². The second-order valence-electron chi connectivity index (χ2n) is 6.59. The zero-order valence-corrected chi connectivity index (χ0v) is 14.9. The Kier molecular flexibility index (Phi) is 5.61. The third-order valence-electron chi connectivity index (χ3n) is 4.44. The largest absolute Gasteiger partial charge is 0.488 e. The molecule has 0 atom stereocenters. The maximum Gasteiger partial charge on any atom is 0.127 e. The van der Waals surface area contributed by atoms with Crippen LogP contribution in [-0.4, -0.2) is 32.1 Å². The Morgan fingerprint density at radius 1 is 1.16 bits per heavy atom. The van der Waals surface area contributed by atoms with Crippen LogP contribution in [0.5, 0.6) is 5.75 Å². The Balaban J connectivity index is 2.05. The van der Waals surface area contributed by atoms with Crippen molar-refractivity contribution >= 4 is 5.57 Å². The number of nitrogens with zero attached hydrogens (tertiary/aromatic N) is 2. The van der Waals surface area contributed by atoms with E-state index in [-0.39, 0.29) is 0 Å². The van der Waals surface area contributed by atoms with E-state index >= 15 is 0 Å². The van der Waals surface area contributed by atoms with E-state index in [0.29, 0.717) is 19.6 Å². The highest BCUT2D eigenvalue weighted by molar-refractivity contribution is 5.85. The van der Waals surface area contributed by atoms with Crippen LogP contribution in [0, 0.1) is 4.91 Å². The zero-order chi connectivity index (χ0) is 17.6. The summed E-state index contributed by atoms with van der Waals surface area (Å²) in [5.74, 6) is 0.898. The first-order valence-corrected chi connectivity index (χ1v) is 8.67. The van der Waals surface area contributed by atoms with Gasteiger partial charge in [-0.1, -0.05) is 41.6 Å². The fourth-order valence-corrected chi connectivity index (χ4v) is 3.14. The molecule has 0 bridgehead atoms. The lowest BCUT2D eigenvalue weighted by atomic mass is 9.92. The molecule has 25 heavy (non-hydrogen) atoms. The Morgan fingerprint density at radius 2 is 2.00 bits per heavy atom. The van der Waals surface area contributed by atoms with Crippen LogP contribution >= 0.6 is 0 Å². The number of benzene rings is 2. The van der Waals surface area contributed by atoms with Crippen molar-refractivity contribution in [2.24, 2.45) is 5.18 Å². The van der Waals surface area contributed by atoms with Gasteiger partial charge in [0.2, 0.25) is 0 Å². The minimum Gasteiger partial charge on any atom is -0.488 e. The summed E-state index contributed by atoms with van der Waals surface area (Å²) in [7, 11) is 4.17. The number of hydrogen-bond donors (Lipinski definition) is 0. The Labute approximate surface area is 149 Å². The fraction of sp³-hybridized carbons (Fsp3) is 0.333. The quantitative estimate of drug-likeness (QED) is 0.740. The maximum atomic E-state index is 10.5. The summed E-state index contributed by atoms with van der Waals surface area (Å²) in [5.41, 5.74) is 5.86. The molecule has 2 aromatic rings. The lowest BCUT2D eigenvalue weighted by molar-refractivity contribution is 0.307. The van der Waals surface area contributed by atoms with E-state index in [1.54, 1.807) is 0 Å². The van der Waals surface area contributed by atoms with Gasteiger partial charge in [0.1, 0.15) is 12.4 Å². The first kappa shape index (κ1) is 17.4. The predicted molar refractivity (Wildman–Crippen MR) is 102 cm³/mol. The highest BCUT2D eigenvalue weighted by atomic mass is 16.5. The Bertz CT molecular complexity index is 781. The molecule has 0 saturated carbocycles. The molecule has 0 radical (unpaired) electrons. The van der Waals surface area contributed by atoms with Crippen LogP contribution in [0.3, 0.4) is 0 Å². The third-order valence-corrected chi connectivity index (χ3v) is 4.44. The number of ether oxygens (including phenoxy) is 1. The van der Waals surface area contributed by atoms with Crippen LogP contribution in [0.15, 0.2) is 53.7 Å². The van der Waals surface area contributed by atoms with Gasteiger partial charge in [0.05, 0.1) is 6.54 Å². The van der Waals surface area contributed by atoms with Crippen molar-refractivity contribution in [3.05, 3.63) is 75.7 Å². The van der Waals surface area contributed by atoms with Crippen molar-refractivity contribution in [2.45, 2.75) is 19.4 Å². The molecule has 1 aliphatic rings. The van der Waals surface area contributed by atoms with E-state index in [4.69, 9.17) is 4.74 Å².